The molecule has 0 aliphatic heterocycles. The van der Waals surface area contributed by atoms with Gasteiger partial charge in [-0.1, -0.05) is 30.0 Å². The van der Waals surface area contributed by atoms with E-state index in [0.717, 1.165) is 35.1 Å². The fourth-order valence-electron chi connectivity index (χ4n) is 2.23. The minimum Gasteiger partial charge on any atom is -0.325 e. The van der Waals surface area contributed by atoms with Crippen molar-refractivity contribution in [3.8, 4) is 5.69 Å². The van der Waals surface area contributed by atoms with Crippen molar-refractivity contribution in [1.82, 2.24) is 20.2 Å². The molecule has 1 heterocycles. The van der Waals surface area contributed by atoms with Crippen LogP contribution in [0.25, 0.3) is 5.69 Å². The zero-order valence-electron chi connectivity index (χ0n) is 14.0. The number of thioether (sulfide) groups is 1. The summed E-state index contributed by atoms with van der Waals surface area (Å²) in [7, 11) is 0. The molecule has 134 valence electrons. The predicted molar refractivity (Wildman–Crippen MR) is 94.2 cm³/mol. The van der Waals surface area contributed by atoms with E-state index in [1.54, 1.807) is 11.6 Å². The van der Waals surface area contributed by atoms with Gasteiger partial charge < -0.3 is 5.32 Å². The van der Waals surface area contributed by atoms with Crippen LogP contribution < -0.4 is 5.32 Å². The summed E-state index contributed by atoms with van der Waals surface area (Å²) in [6, 6.07) is 10.8. The minimum atomic E-state index is -1.02. The first-order valence-corrected chi connectivity index (χ1v) is 8.60. The first kappa shape index (κ1) is 18.0. The van der Waals surface area contributed by atoms with Crippen LogP contribution >= 0.6 is 11.8 Å². The van der Waals surface area contributed by atoms with Gasteiger partial charge in [0, 0.05) is 11.8 Å². The number of rotatable bonds is 5. The smallest absolute Gasteiger partial charge is 0.237 e. The number of benzene rings is 2. The number of nitrogens with zero attached hydrogens (tertiary/aromatic N) is 4. The van der Waals surface area contributed by atoms with Crippen LogP contribution in [0.15, 0.2) is 47.6 Å². The maximum absolute atomic E-state index is 13.3. The van der Waals surface area contributed by atoms with E-state index < -0.39 is 16.9 Å². The predicted octanol–water partition coefficient (Wildman–Crippen LogP) is 3.37. The van der Waals surface area contributed by atoms with Crippen LogP contribution in [0, 0.1) is 18.6 Å². The third-order valence-corrected chi connectivity index (χ3v) is 4.66. The standard InChI is InChI=1S/C17H15F2N5OS/c1-10-5-3-4-6-15(10)24-17(21-22-23-24)26-11(2)16(25)20-12-7-8-13(18)14(19)9-12/h3-9,11H,1-2H3,(H,20,25)/t11-/m0/s1. The molecule has 9 heteroatoms. The molecule has 0 spiro atoms. The molecule has 0 saturated carbocycles. The second kappa shape index (κ2) is 7.61. The van der Waals surface area contributed by atoms with Crippen molar-refractivity contribution in [3.05, 3.63) is 59.7 Å². The molecule has 1 amide bonds. The highest BCUT2D eigenvalue weighted by Crippen LogP contribution is 2.25. The zero-order valence-corrected chi connectivity index (χ0v) is 14.8. The molecule has 1 N–H and O–H groups in total. The summed E-state index contributed by atoms with van der Waals surface area (Å²) < 4.78 is 27.8. The summed E-state index contributed by atoms with van der Waals surface area (Å²) in [5, 5.41) is 14.1. The number of aromatic nitrogens is 4. The highest BCUT2D eigenvalue weighted by atomic mass is 32.2. The maximum atomic E-state index is 13.3. The number of hydrogen-bond acceptors (Lipinski definition) is 5. The molecule has 3 rings (SSSR count). The van der Waals surface area contributed by atoms with Crippen LogP contribution in [-0.2, 0) is 4.79 Å². The average Bonchev–Trinajstić information content (AvgIpc) is 3.06. The SMILES string of the molecule is Cc1ccccc1-n1nnnc1S[C@@H](C)C(=O)Nc1ccc(F)c(F)c1. The Kier molecular flexibility index (Phi) is 5.27. The van der Waals surface area contributed by atoms with Crippen molar-refractivity contribution in [1.29, 1.82) is 0 Å². The molecule has 1 atom stereocenters. The third-order valence-electron chi connectivity index (χ3n) is 3.62. The highest BCUT2D eigenvalue weighted by Gasteiger charge is 2.20. The molecule has 0 bridgehead atoms. The molecule has 3 aromatic rings. The molecule has 2 aromatic carbocycles. The van der Waals surface area contributed by atoms with Gasteiger partial charge in [0.25, 0.3) is 0 Å². The lowest BCUT2D eigenvalue weighted by atomic mass is 10.2. The molecule has 0 aliphatic carbocycles. The maximum Gasteiger partial charge on any atom is 0.237 e. The normalized spacial score (nSPS) is 12.0. The van der Waals surface area contributed by atoms with Crippen molar-refractivity contribution < 1.29 is 13.6 Å². The minimum absolute atomic E-state index is 0.180. The van der Waals surface area contributed by atoms with Crippen LogP contribution in [0.3, 0.4) is 0 Å². The molecule has 1 aromatic heterocycles. The quantitative estimate of drug-likeness (QED) is 0.692. The summed E-state index contributed by atoms with van der Waals surface area (Å²) in [5.41, 5.74) is 1.98. The monoisotopic (exact) mass is 375 g/mol. The Bertz CT molecular complexity index is 946. The number of tetrazole rings is 1. The Morgan fingerprint density at radius 1 is 1.19 bits per heavy atom. The number of hydrogen-bond donors (Lipinski definition) is 1. The number of carbonyl (C=O) groups excluding carboxylic acids is 1. The van der Waals surface area contributed by atoms with Gasteiger partial charge in [-0.3, -0.25) is 4.79 Å². The average molecular weight is 375 g/mol. The van der Waals surface area contributed by atoms with Crippen LogP contribution in [0.2, 0.25) is 0 Å². The third kappa shape index (κ3) is 3.88. The van der Waals surface area contributed by atoms with Crippen LogP contribution in [-0.4, -0.2) is 31.4 Å². The number of amides is 1. The second-order valence-electron chi connectivity index (χ2n) is 5.54. The Hall–Kier alpha value is -2.81. The van der Waals surface area contributed by atoms with E-state index in [2.05, 4.69) is 20.8 Å². The van der Waals surface area contributed by atoms with Gasteiger partial charge in [0.2, 0.25) is 11.1 Å². The molecule has 0 unspecified atom stereocenters. The Balaban J connectivity index is 1.73. The van der Waals surface area contributed by atoms with Gasteiger partial charge in [-0.25, -0.2) is 8.78 Å². The lowest BCUT2D eigenvalue weighted by Gasteiger charge is -2.12. The number of carbonyl (C=O) groups is 1. The van der Waals surface area contributed by atoms with E-state index in [0.29, 0.717) is 5.16 Å². The van der Waals surface area contributed by atoms with Gasteiger partial charge in [0.1, 0.15) is 0 Å². The zero-order chi connectivity index (χ0) is 18.7. The van der Waals surface area contributed by atoms with Gasteiger partial charge in [0.05, 0.1) is 10.9 Å². The molecular weight excluding hydrogens is 360 g/mol. The van der Waals surface area contributed by atoms with Crippen molar-refractivity contribution in [2.45, 2.75) is 24.3 Å². The van der Waals surface area contributed by atoms with Crippen molar-refractivity contribution >= 4 is 23.4 Å². The number of halogens is 2. The van der Waals surface area contributed by atoms with E-state index >= 15 is 0 Å². The van der Waals surface area contributed by atoms with Crippen LogP contribution in [0.4, 0.5) is 14.5 Å². The van der Waals surface area contributed by atoms with E-state index in [1.165, 1.54) is 6.07 Å². The topological polar surface area (TPSA) is 72.7 Å². The van der Waals surface area contributed by atoms with Gasteiger partial charge >= 0.3 is 0 Å². The van der Waals surface area contributed by atoms with Crippen molar-refractivity contribution in [2.24, 2.45) is 0 Å². The fourth-order valence-corrected chi connectivity index (χ4v) is 3.03. The van der Waals surface area contributed by atoms with Crippen LogP contribution in [0.1, 0.15) is 12.5 Å². The summed E-state index contributed by atoms with van der Waals surface area (Å²) >= 11 is 1.16. The van der Waals surface area contributed by atoms with Crippen LogP contribution in [0.5, 0.6) is 0 Å². The Morgan fingerprint density at radius 2 is 1.96 bits per heavy atom. The molecule has 26 heavy (non-hydrogen) atoms. The Labute approximate surface area is 152 Å². The molecule has 0 aliphatic rings. The van der Waals surface area contributed by atoms with Crippen molar-refractivity contribution in [3.63, 3.8) is 0 Å². The summed E-state index contributed by atoms with van der Waals surface area (Å²) in [5.74, 6) is -2.37. The first-order chi connectivity index (χ1) is 12.5. The lowest BCUT2D eigenvalue weighted by molar-refractivity contribution is -0.115. The number of nitrogens with one attached hydrogen (secondary N) is 1. The number of aryl methyl sites for hydroxylation is 1. The Morgan fingerprint density at radius 3 is 2.69 bits per heavy atom. The summed E-state index contributed by atoms with van der Waals surface area (Å²) in [6.07, 6.45) is 0. The first-order valence-electron chi connectivity index (χ1n) is 7.72. The van der Waals surface area contributed by atoms with Crippen molar-refractivity contribution in [2.75, 3.05) is 5.32 Å². The van der Waals surface area contributed by atoms with Gasteiger partial charge in [-0.15, -0.1) is 5.10 Å². The molecule has 6 nitrogen and oxygen atoms in total. The van der Waals surface area contributed by atoms with Gasteiger partial charge in [-0.05, 0) is 48.0 Å². The van der Waals surface area contributed by atoms with E-state index in [-0.39, 0.29) is 11.6 Å². The van der Waals surface area contributed by atoms with Gasteiger partial charge in [0.15, 0.2) is 11.6 Å². The fraction of sp³-hybridized carbons (Fsp3) is 0.176. The largest absolute Gasteiger partial charge is 0.325 e. The summed E-state index contributed by atoms with van der Waals surface area (Å²) in [4.78, 5) is 12.3. The molecule has 0 saturated heterocycles. The van der Waals surface area contributed by atoms with E-state index in [1.807, 2.05) is 31.2 Å². The number of para-hydroxylation sites is 1. The molecule has 0 fully saturated rings. The molecular formula is C17H15F2N5OS. The highest BCUT2D eigenvalue weighted by molar-refractivity contribution is 8.00. The number of anilines is 1. The van der Waals surface area contributed by atoms with E-state index in [9.17, 15) is 13.6 Å². The van der Waals surface area contributed by atoms with E-state index in [4.69, 9.17) is 0 Å². The van der Waals surface area contributed by atoms with Gasteiger partial charge in [-0.2, -0.15) is 4.68 Å². The second-order valence-corrected chi connectivity index (χ2v) is 6.85. The lowest BCUT2D eigenvalue weighted by Crippen LogP contribution is -2.23. The molecule has 0 radical (unpaired) electrons. The summed E-state index contributed by atoms with van der Waals surface area (Å²) in [6.45, 7) is 3.61.